The van der Waals surface area contributed by atoms with E-state index in [1.165, 1.54) is 12.8 Å². The van der Waals surface area contributed by atoms with Crippen molar-refractivity contribution in [3.05, 3.63) is 16.1 Å². The van der Waals surface area contributed by atoms with Gasteiger partial charge in [-0.15, -0.1) is 11.3 Å². The van der Waals surface area contributed by atoms with E-state index in [4.69, 9.17) is 0 Å². The Morgan fingerprint density at radius 1 is 1.61 bits per heavy atom. The van der Waals surface area contributed by atoms with Crippen LogP contribution in [0.2, 0.25) is 0 Å². The van der Waals surface area contributed by atoms with Crippen LogP contribution >= 0.6 is 20.7 Å². The smallest absolute Gasteiger partial charge is 0.169 e. The van der Waals surface area contributed by atoms with Gasteiger partial charge in [-0.2, -0.15) is 0 Å². The number of rotatable bonds is 2. The fourth-order valence-corrected chi connectivity index (χ4v) is 3.97. The lowest BCUT2D eigenvalue weighted by atomic mass is 9.79. The van der Waals surface area contributed by atoms with Crippen LogP contribution in [0.5, 0.6) is 0 Å². The summed E-state index contributed by atoms with van der Waals surface area (Å²) in [4.78, 5) is 15.2. The van der Waals surface area contributed by atoms with Crippen LogP contribution < -0.4 is 0 Å². The number of carbonyl (C=O) groups is 1. The predicted molar refractivity (Wildman–Crippen MR) is 79.2 cm³/mol. The normalized spacial score (nSPS) is 30.7. The van der Waals surface area contributed by atoms with Crippen molar-refractivity contribution in [1.82, 2.24) is 9.65 Å². The van der Waals surface area contributed by atoms with Gasteiger partial charge in [-0.25, -0.2) is 4.98 Å². The van der Waals surface area contributed by atoms with Gasteiger partial charge in [0.2, 0.25) is 0 Å². The van der Waals surface area contributed by atoms with Gasteiger partial charge in [0.15, 0.2) is 6.29 Å². The molecule has 0 aliphatic carbocycles. The molecular weight excluding hydrogens is 263 g/mol. The minimum absolute atomic E-state index is 0.120. The molecule has 1 saturated heterocycles. The highest BCUT2D eigenvalue weighted by molar-refractivity contribution is 7.13. The highest BCUT2D eigenvalue weighted by atomic mass is 32.1. The van der Waals surface area contributed by atoms with Crippen molar-refractivity contribution in [2.45, 2.75) is 38.5 Å². The molecule has 0 amide bonds. The van der Waals surface area contributed by atoms with Gasteiger partial charge in [0.1, 0.15) is 5.69 Å². The van der Waals surface area contributed by atoms with E-state index in [2.05, 4.69) is 32.9 Å². The number of thiazole rings is 1. The molecule has 1 aromatic heterocycles. The van der Waals surface area contributed by atoms with E-state index in [9.17, 15) is 4.79 Å². The Hall–Kier alpha value is -0.310. The second-order valence-electron chi connectivity index (χ2n) is 5.64. The molecule has 5 heteroatoms. The SMILES string of the molecule is CC1CCC(C)(c2nc(C=O)cs2)CCN(P)C1. The second-order valence-corrected chi connectivity index (χ2v) is 7.23. The molecule has 1 fully saturated rings. The molecule has 3 nitrogen and oxygen atoms in total. The summed E-state index contributed by atoms with van der Waals surface area (Å²) in [5.74, 6) is 0.715. The van der Waals surface area contributed by atoms with E-state index in [1.807, 2.05) is 5.38 Å². The van der Waals surface area contributed by atoms with Gasteiger partial charge in [-0.1, -0.05) is 23.2 Å². The van der Waals surface area contributed by atoms with Gasteiger partial charge >= 0.3 is 0 Å². The van der Waals surface area contributed by atoms with Crippen LogP contribution in [0.25, 0.3) is 0 Å². The first kappa shape index (κ1) is 14.1. The molecule has 0 N–H and O–H groups in total. The van der Waals surface area contributed by atoms with E-state index in [1.54, 1.807) is 11.3 Å². The molecular formula is C13H21N2OPS. The highest BCUT2D eigenvalue weighted by Gasteiger charge is 2.32. The average Bonchev–Trinajstić information content (AvgIpc) is 2.82. The predicted octanol–water partition coefficient (Wildman–Crippen LogP) is 3.13. The zero-order chi connectivity index (χ0) is 13.2. The number of aromatic nitrogens is 1. The van der Waals surface area contributed by atoms with Gasteiger partial charge in [0.05, 0.1) is 5.01 Å². The third-order valence-corrected chi connectivity index (χ3v) is 5.48. The Balaban J connectivity index is 2.19. The van der Waals surface area contributed by atoms with Crippen LogP contribution in [0.1, 0.15) is 48.6 Å². The van der Waals surface area contributed by atoms with Crippen LogP contribution in [0, 0.1) is 5.92 Å². The molecule has 18 heavy (non-hydrogen) atoms. The number of hydrogen-bond acceptors (Lipinski definition) is 4. The standard InChI is InChI=1S/C13H21N2OPS/c1-10-3-4-13(2,5-6-15(17)7-10)12-14-11(8-16)9-18-12/h8-10H,3-7,17H2,1-2H3. The maximum Gasteiger partial charge on any atom is 0.169 e. The third kappa shape index (κ3) is 3.17. The van der Waals surface area contributed by atoms with Crippen LogP contribution in [0.15, 0.2) is 5.38 Å². The van der Waals surface area contributed by atoms with E-state index >= 15 is 0 Å². The zero-order valence-corrected chi connectivity index (χ0v) is 13.0. The van der Waals surface area contributed by atoms with Crippen LogP contribution in [-0.2, 0) is 5.41 Å². The maximum atomic E-state index is 10.8. The molecule has 0 radical (unpaired) electrons. The van der Waals surface area contributed by atoms with Gasteiger partial charge in [-0.3, -0.25) is 9.46 Å². The van der Waals surface area contributed by atoms with E-state index in [0.29, 0.717) is 11.6 Å². The third-order valence-electron chi connectivity index (χ3n) is 3.84. The molecule has 0 saturated carbocycles. The minimum Gasteiger partial charge on any atom is -0.296 e. The molecule has 0 spiro atoms. The van der Waals surface area contributed by atoms with Crippen LogP contribution in [-0.4, -0.2) is 29.0 Å². The van der Waals surface area contributed by atoms with Gasteiger partial charge in [0.25, 0.3) is 0 Å². The van der Waals surface area contributed by atoms with Gasteiger partial charge < -0.3 is 0 Å². The lowest BCUT2D eigenvalue weighted by Crippen LogP contribution is -2.33. The Labute approximate surface area is 115 Å². The monoisotopic (exact) mass is 284 g/mol. The van der Waals surface area contributed by atoms with Crippen molar-refractivity contribution in [2.75, 3.05) is 13.1 Å². The Morgan fingerprint density at radius 2 is 2.39 bits per heavy atom. The molecule has 100 valence electrons. The van der Waals surface area contributed by atoms with E-state index < -0.39 is 0 Å². The molecule has 2 heterocycles. The largest absolute Gasteiger partial charge is 0.296 e. The average molecular weight is 284 g/mol. The minimum atomic E-state index is 0.120. The van der Waals surface area contributed by atoms with Gasteiger partial charge in [0, 0.05) is 23.9 Å². The fraction of sp³-hybridized carbons (Fsp3) is 0.692. The van der Waals surface area contributed by atoms with E-state index in [-0.39, 0.29) is 5.41 Å². The Bertz CT molecular complexity index is 409. The first-order valence-corrected chi connectivity index (χ1v) is 7.84. The molecule has 1 aromatic rings. The lowest BCUT2D eigenvalue weighted by molar-refractivity contribution is 0.111. The summed E-state index contributed by atoms with van der Waals surface area (Å²) in [6, 6.07) is 0. The summed E-state index contributed by atoms with van der Waals surface area (Å²) < 4.78 is 2.33. The Morgan fingerprint density at radius 3 is 3.06 bits per heavy atom. The zero-order valence-electron chi connectivity index (χ0n) is 11.1. The van der Waals surface area contributed by atoms with Crippen molar-refractivity contribution < 1.29 is 4.79 Å². The summed E-state index contributed by atoms with van der Waals surface area (Å²) in [5, 5.41) is 2.99. The first-order chi connectivity index (χ1) is 8.53. The fourth-order valence-electron chi connectivity index (χ4n) is 2.49. The quantitative estimate of drug-likeness (QED) is 0.618. The van der Waals surface area contributed by atoms with E-state index in [0.717, 1.165) is 30.8 Å². The summed E-state index contributed by atoms with van der Waals surface area (Å²) in [6.45, 7) is 6.82. The first-order valence-electron chi connectivity index (χ1n) is 6.44. The second kappa shape index (κ2) is 5.77. The Kier molecular flexibility index (Phi) is 4.52. The highest BCUT2D eigenvalue weighted by Crippen LogP contribution is 2.37. The summed E-state index contributed by atoms with van der Waals surface area (Å²) in [5.41, 5.74) is 0.698. The van der Waals surface area contributed by atoms with Crippen molar-refractivity contribution in [3.8, 4) is 0 Å². The number of hydrogen-bond donors (Lipinski definition) is 0. The summed E-state index contributed by atoms with van der Waals surface area (Å²) in [6.07, 6.45) is 4.34. The summed E-state index contributed by atoms with van der Waals surface area (Å²) in [7, 11) is 2.83. The van der Waals surface area contributed by atoms with Crippen LogP contribution in [0.3, 0.4) is 0 Å². The molecule has 3 atom stereocenters. The summed E-state index contributed by atoms with van der Waals surface area (Å²) >= 11 is 1.63. The molecule has 0 bridgehead atoms. The van der Waals surface area contributed by atoms with Gasteiger partial charge in [-0.05, 0) is 25.2 Å². The molecule has 0 aromatic carbocycles. The lowest BCUT2D eigenvalue weighted by Gasteiger charge is -2.34. The van der Waals surface area contributed by atoms with Crippen molar-refractivity contribution in [2.24, 2.45) is 5.92 Å². The number of nitrogens with zero attached hydrogens (tertiary/aromatic N) is 2. The topological polar surface area (TPSA) is 33.2 Å². The molecule has 3 unspecified atom stereocenters. The van der Waals surface area contributed by atoms with Crippen LogP contribution in [0.4, 0.5) is 0 Å². The number of aldehydes is 1. The molecule has 2 rings (SSSR count). The number of carbonyl (C=O) groups excluding carboxylic acids is 1. The van der Waals surface area contributed by atoms with Crippen molar-refractivity contribution in [3.63, 3.8) is 0 Å². The maximum absolute atomic E-state index is 10.8. The molecule has 1 aliphatic heterocycles. The van der Waals surface area contributed by atoms with Crippen molar-refractivity contribution >= 4 is 27.0 Å². The molecule has 1 aliphatic rings. The van der Waals surface area contributed by atoms with Crippen molar-refractivity contribution in [1.29, 1.82) is 0 Å².